The van der Waals surface area contributed by atoms with Gasteiger partial charge in [-0.2, -0.15) is 0 Å². The van der Waals surface area contributed by atoms with Crippen LogP contribution in [0.4, 0.5) is 5.95 Å². The average Bonchev–Trinajstić information content (AvgIpc) is 2.96. The SMILES string of the molecule is Cn1c(CCc2ccc3c(c2)OCO3)cnc1N. The molecule has 94 valence electrons. The molecule has 0 amide bonds. The zero-order valence-corrected chi connectivity index (χ0v) is 10.2. The number of ether oxygens (including phenoxy) is 2. The number of hydrogen-bond acceptors (Lipinski definition) is 4. The predicted molar refractivity (Wildman–Crippen MR) is 67.6 cm³/mol. The van der Waals surface area contributed by atoms with Crippen LogP contribution in [0.15, 0.2) is 24.4 Å². The molecule has 0 spiro atoms. The summed E-state index contributed by atoms with van der Waals surface area (Å²) >= 11 is 0. The minimum Gasteiger partial charge on any atom is -0.454 e. The van der Waals surface area contributed by atoms with Crippen LogP contribution >= 0.6 is 0 Å². The van der Waals surface area contributed by atoms with Crippen LogP contribution in [-0.4, -0.2) is 16.3 Å². The van der Waals surface area contributed by atoms with Gasteiger partial charge in [-0.25, -0.2) is 4.98 Å². The van der Waals surface area contributed by atoms with E-state index in [1.54, 1.807) is 0 Å². The number of imidazole rings is 1. The number of hydrogen-bond donors (Lipinski definition) is 1. The Bertz CT molecular complexity index is 578. The quantitative estimate of drug-likeness (QED) is 0.890. The number of aromatic nitrogens is 2. The third-order valence-electron chi connectivity index (χ3n) is 3.23. The van der Waals surface area contributed by atoms with Gasteiger partial charge in [0.2, 0.25) is 6.79 Å². The molecular weight excluding hydrogens is 230 g/mol. The van der Waals surface area contributed by atoms with E-state index in [0.29, 0.717) is 12.7 Å². The summed E-state index contributed by atoms with van der Waals surface area (Å²) in [5.74, 6) is 2.20. The second-order valence-electron chi connectivity index (χ2n) is 4.35. The molecule has 0 radical (unpaired) electrons. The standard InChI is InChI=1S/C13H15N3O2/c1-16-10(7-15-13(16)14)4-2-9-3-5-11-12(6-9)18-8-17-11/h3,5-7H,2,4,8H2,1H3,(H2,14,15). The number of aryl methyl sites for hydroxylation is 2. The van der Waals surface area contributed by atoms with Crippen LogP contribution in [0.2, 0.25) is 0 Å². The Hall–Kier alpha value is -2.17. The van der Waals surface area contributed by atoms with E-state index in [0.717, 1.165) is 30.0 Å². The van der Waals surface area contributed by atoms with Crippen LogP contribution in [-0.2, 0) is 19.9 Å². The van der Waals surface area contributed by atoms with Gasteiger partial charge in [0.25, 0.3) is 0 Å². The molecule has 0 unspecified atom stereocenters. The van der Waals surface area contributed by atoms with Gasteiger partial charge in [-0.3, -0.25) is 0 Å². The molecule has 2 N–H and O–H groups in total. The minimum atomic E-state index is 0.317. The lowest BCUT2D eigenvalue weighted by Crippen LogP contribution is -2.02. The molecular formula is C13H15N3O2. The summed E-state index contributed by atoms with van der Waals surface area (Å²) in [6.45, 7) is 0.317. The fourth-order valence-electron chi connectivity index (χ4n) is 2.06. The number of nitrogens with zero attached hydrogens (tertiary/aromatic N) is 2. The highest BCUT2D eigenvalue weighted by molar-refractivity contribution is 5.44. The first-order chi connectivity index (χ1) is 8.74. The third-order valence-corrected chi connectivity index (χ3v) is 3.23. The zero-order valence-electron chi connectivity index (χ0n) is 10.2. The molecule has 5 nitrogen and oxygen atoms in total. The molecule has 0 fully saturated rings. The molecule has 0 saturated heterocycles. The molecule has 1 aliphatic rings. The van der Waals surface area contributed by atoms with E-state index in [1.807, 2.05) is 29.9 Å². The lowest BCUT2D eigenvalue weighted by Gasteiger charge is -2.04. The Balaban J connectivity index is 1.72. The van der Waals surface area contributed by atoms with Gasteiger partial charge in [-0.1, -0.05) is 6.07 Å². The number of fused-ring (bicyclic) bond motifs is 1. The molecule has 2 heterocycles. The van der Waals surface area contributed by atoms with E-state index in [-0.39, 0.29) is 0 Å². The van der Waals surface area contributed by atoms with E-state index in [9.17, 15) is 0 Å². The van der Waals surface area contributed by atoms with Crippen molar-refractivity contribution in [3.63, 3.8) is 0 Å². The second-order valence-corrected chi connectivity index (χ2v) is 4.35. The number of anilines is 1. The van der Waals surface area contributed by atoms with Crippen molar-refractivity contribution in [1.29, 1.82) is 0 Å². The van der Waals surface area contributed by atoms with Crippen LogP contribution < -0.4 is 15.2 Å². The Morgan fingerprint density at radius 1 is 1.28 bits per heavy atom. The van der Waals surface area contributed by atoms with Crippen molar-refractivity contribution >= 4 is 5.95 Å². The van der Waals surface area contributed by atoms with Gasteiger partial charge in [0.1, 0.15) is 0 Å². The minimum absolute atomic E-state index is 0.317. The van der Waals surface area contributed by atoms with Gasteiger partial charge < -0.3 is 19.8 Å². The summed E-state index contributed by atoms with van der Waals surface area (Å²) in [5.41, 5.74) is 8.05. The lowest BCUT2D eigenvalue weighted by molar-refractivity contribution is 0.174. The van der Waals surface area contributed by atoms with E-state index >= 15 is 0 Å². The topological polar surface area (TPSA) is 62.3 Å². The molecule has 3 rings (SSSR count). The Kier molecular flexibility index (Phi) is 2.59. The van der Waals surface area contributed by atoms with Crippen LogP contribution in [0.3, 0.4) is 0 Å². The second kappa shape index (κ2) is 4.25. The van der Waals surface area contributed by atoms with Crippen molar-refractivity contribution in [2.75, 3.05) is 12.5 Å². The van der Waals surface area contributed by atoms with Crippen molar-refractivity contribution in [2.24, 2.45) is 7.05 Å². The smallest absolute Gasteiger partial charge is 0.231 e. The summed E-state index contributed by atoms with van der Waals surface area (Å²) < 4.78 is 12.6. The lowest BCUT2D eigenvalue weighted by atomic mass is 10.1. The molecule has 0 bridgehead atoms. The molecule has 5 heteroatoms. The molecule has 0 atom stereocenters. The highest BCUT2D eigenvalue weighted by atomic mass is 16.7. The molecule has 1 aromatic carbocycles. The predicted octanol–water partition coefficient (Wildman–Crippen LogP) is 1.52. The average molecular weight is 245 g/mol. The number of nitrogen functional groups attached to an aromatic ring is 1. The summed E-state index contributed by atoms with van der Waals surface area (Å²) in [5, 5.41) is 0. The monoisotopic (exact) mass is 245 g/mol. The molecule has 1 aromatic heterocycles. The van der Waals surface area contributed by atoms with Gasteiger partial charge >= 0.3 is 0 Å². The van der Waals surface area contributed by atoms with Crippen LogP contribution in [0.25, 0.3) is 0 Å². The summed E-state index contributed by atoms with van der Waals surface area (Å²) in [4.78, 5) is 4.08. The Morgan fingerprint density at radius 2 is 2.11 bits per heavy atom. The highest BCUT2D eigenvalue weighted by Crippen LogP contribution is 2.32. The van der Waals surface area contributed by atoms with E-state index < -0.39 is 0 Å². The van der Waals surface area contributed by atoms with Crippen molar-refractivity contribution in [2.45, 2.75) is 12.8 Å². The van der Waals surface area contributed by atoms with E-state index in [1.165, 1.54) is 5.56 Å². The molecule has 18 heavy (non-hydrogen) atoms. The fourth-order valence-corrected chi connectivity index (χ4v) is 2.06. The van der Waals surface area contributed by atoms with Gasteiger partial charge in [0, 0.05) is 12.7 Å². The summed E-state index contributed by atoms with van der Waals surface area (Å²) in [6.07, 6.45) is 3.65. The van der Waals surface area contributed by atoms with E-state index in [2.05, 4.69) is 11.1 Å². The Labute approximate surface area is 105 Å². The molecule has 2 aromatic rings. The number of nitrogens with two attached hydrogens (primary N) is 1. The first-order valence-corrected chi connectivity index (χ1v) is 5.88. The van der Waals surface area contributed by atoms with Crippen molar-refractivity contribution in [1.82, 2.24) is 9.55 Å². The van der Waals surface area contributed by atoms with Crippen LogP contribution in [0, 0.1) is 0 Å². The maximum atomic E-state index is 5.70. The first-order valence-electron chi connectivity index (χ1n) is 5.88. The van der Waals surface area contributed by atoms with Crippen molar-refractivity contribution < 1.29 is 9.47 Å². The number of benzene rings is 1. The maximum absolute atomic E-state index is 5.70. The third kappa shape index (κ3) is 1.88. The van der Waals surface area contributed by atoms with Gasteiger partial charge in [-0.05, 0) is 30.5 Å². The summed E-state index contributed by atoms with van der Waals surface area (Å²) in [7, 11) is 1.93. The zero-order chi connectivity index (χ0) is 12.5. The normalized spacial score (nSPS) is 12.9. The Morgan fingerprint density at radius 3 is 2.89 bits per heavy atom. The largest absolute Gasteiger partial charge is 0.454 e. The molecule has 0 aliphatic carbocycles. The summed E-state index contributed by atoms with van der Waals surface area (Å²) in [6, 6.07) is 6.05. The molecule has 1 aliphatic heterocycles. The fraction of sp³-hybridized carbons (Fsp3) is 0.308. The maximum Gasteiger partial charge on any atom is 0.231 e. The van der Waals surface area contributed by atoms with Crippen molar-refractivity contribution in [3.05, 3.63) is 35.7 Å². The van der Waals surface area contributed by atoms with E-state index in [4.69, 9.17) is 15.2 Å². The van der Waals surface area contributed by atoms with Crippen LogP contribution in [0.5, 0.6) is 11.5 Å². The van der Waals surface area contributed by atoms with Crippen LogP contribution in [0.1, 0.15) is 11.3 Å². The molecule has 0 saturated carbocycles. The van der Waals surface area contributed by atoms with Gasteiger partial charge in [0.15, 0.2) is 17.4 Å². The van der Waals surface area contributed by atoms with Gasteiger partial charge in [-0.15, -0.1) is 0 Å². The highest BCUT2D eigenvalue weighted by Gasteiger charge is 2.13. The number of rotatable bonds is 3. The van der Waals surface area contributed by atoms with Crippen molar-refractivity contribution in [3.8, 4) is 11.5 Å². The van der Waals surface area contributed by atoms with Gasteiger partial charge in [0.05, 0.1) is 6.20 Å². The first kappa shape index (κ1) is 11.0.